The molecule has 0 aliphatic heterocycles. The van der Waals surface area contributed by atoms with Crippen molar-refractivity contribution in [2.45, 2.75) is 4.90 Å². The minimum atomic E-state index is -3.54. The number of hydrogen-bond donors (Lipinski definition) is 1. The van der Waals surface area contributed by atoms with E-state index in [0.717, 1.165) is 8.95 Å². The SMILES string of the molecule is O=S(=O)(Nc1cccc(Br)c1)c1ccc(Br)cc1. The van der Waals surface area contributed by atoms with Crippen LogP contribution in [0.25, 0.3) is 0 Å². The van der Waals surface area contributed by atoms with Crippen molar-refractivity contribution in [2.24, 2.45) is 0 Å². The first-order valence-electron chi connectivity index (χ1n) is 5.01. The van der Waals surface area contributed by atoms with Crippen LogP contribution in [0.2, 0.25) is 0 Å². The fourth-order valence-electron chi connectivity index (χ4n) is 1.38. The van der Waals surface area contributed by atoms with Crippen LogP contribution in [0, 0.1) is 0 Å². The van der Waals surface area contributed by atoms with Crippen molar-refractivity contribution in [2.75, 3.05) is 4.72 Å². The Bertz CT molecular complexity index is 654. The molecule has 0 radical (unpaired) electrons. The Kier molecular flexibility index (Phi) is 4.09. The molecule has 0 aromatic heterocycles. The van der Waals surface area contributed by atoms with Gasteiger partial charge >= 0.3 is 0 Å². The molecule has 94 valence electrons. The molecule has 0 amide bonds. The van der Waals surface area contributed by atoms with Gasteiger partial charge in [-0.2, -0.15) is 0 Å². The topological polar surface area (TPSA) is 46.2 Å². The molecule has 0 fully saturated rings. The van der Waals surface area contributed by atoms with E-state index in [-0.39, 0.29) is 4.90 Å². The Hall–Kier alpha value is -0.850. The van der Waals surface area contributed by atoms with Crippen LogP contribution in [0.5, 0.6) is 0 Å². The molecule has 2 rings (SSSR count). The second-order valence-electron chi connectivity index (χ2n) is 3.57. The zero-order valence-corrected chi connectivity index (χ0v) is 13.1. The zero-order chi connectivity index (χ0) is 13.2. The molecule has 0 bridgehead atoms. The zero-order valence-electron chi connectivity index (χ0n) is 9.10. The molecule has 0 spiro atoms. The first-order chi connectivity index (χ1) is 8.47. The van der Waals surface area contributed by atoms with Crippen LogP contribution in [-0.2, 0) is 10.0 Å². The van der Waals surface area contributed by atoms with Gasteiger partial charge < -0.3 is 0 Å². The van der Waals surface area contributed by atoms with Gasteiger partial charge in [-0.25, -0.2) is 8.42 Å². The fourth-order valence-corrected chi connectivity index (χ4v) is 3.09. The normalized spacial score (nSPS) is 11.2. The number of rotatable bonds is 3. The lowest BCUT2D eigenvalue weighted by Crippen LogP contribution is -2.12. The minimum absolute atomic E-state index is 0.227. The van der Waals surface area contributed by atoms with E-state index in [9.17, 15) is 8.42 Å². The van der Waals surface area contributed by atoms with Crippen LogP contribution >= 0.6 is 31.9 Å². The maximum absolute atomic E-state index is 12.1. The van der Waals surface area contributed by atoms with Crippen LogP contribution < -0.4 is 4.72 Å². The van der Waals surface area contributed by atoms with Gasteiger partial charge in [0.2, 0.25) is 0 Å². The molecule has 0 unspecified atom stereocenters. The predicted octanol–water partition coefficient (Wildman–Crippen LogP) is 4.01. The monoisotopic (exact) mass is 389 g/mol. The maximum Gasteiger partial charge on any atom is 0.261 e. The molecule has 0 saturated heterocycles. The van der Waals surface area contributed by atoms with Crippen molar-refractivity contribution >= 4 is 47.6 Å². The molecule has 6 heteroatoms. The third kappa shape index (κ3) is 3.34. The molecule has 2 aromatic carbocycles. The lowest BCUT2D eigenvalue weighted by Gasteiger charge is -2.08. The average Bonchev–Trinajstić information content (AvgIpc) is 2.29. The Morgan fingerprint density at radius 1 is 0.889 bits per heavy atom. The molecule has 0 saturated carbocycles. The maximum atomic E-state index is 12.1. The van der Waals surface area contributed by atoms with E-state index in [1.807, 2.05) is 6.07 Å². The van der Waals surface area contributed by atoms with Gasteiger partial charge in [0.05, 0.1) is 4.90 Å². The first-order valence-corrected chi connectivity index (χ1v) is 8.08. The number of halogens is 2. The molecule has 1 N–H and O–H groups in total. The smallest absolute Gasteiger partial charge is 0.261 e. The Balaban J connectivity index is 2.30. The highest BCUT2D eigenvalue weighted by Crippen LogP contribution is 2.20. The Morgan fingerprint density at radius 3 is 2.17 bits per heavy atom. The van der Waals surface area contributed by atoms with Crippen molar-refractivity contribution in [3.63, 3.8) is 0 Å². The number of sulfonamides is 1. The summed E-state index contributed by atoms with van der Waals surface area (Å²) in [4.78, 5) is 0.227. The summed E-state index contributed by atoms with van der Waals surface area (Å²) in [6, 6.07) is 13.5. The third-order valence-corrected chi connectivity index (χ3v) is 4.62. The number of anilines is 1. The van der Waals surface area contributed by atoms with Gasteiger partial charge in [-0.15, -0.1) is 0 Å². The molecule has 0 aliphatic rings. The largest absolute Gasteiger partial charge is 0.280 e. The summed E-state index contributed by atoms with van der Waals surface area (Å²) in [5.74, 6) is 0. The van der Waals surface area contributed by atoms with E-state index >= 15 is 0 Å². The van der Waals surface area contributed by atoms with Crippen LogP contribution in [0.15, 0.2) is 62.4 Å². The Morgan fingerprint density at radius 2 is 1.56 bits per heavy atom. The molecule has 18 heavy (non-hydrogen) atoms. The lowest BCUT2D eigenvalue weighted by atomic mass is 10.3. The highest BCUT2D eigenvalue weighted by Gasteiger charge is 2.13. The van der Waals surface area contributed by atoms with Crippen LogP contribution in [0.4, 0.5) is 5.69 Å². The standard InChI is InChI=1S/C12H9Br2NO2S/c13-9-4-6-12(7-5-9)18(16,17)15-11-3-1-2-10(14)8-11/h1-8,15H. The second kappa shape index (κ2) is 5.42. The molecular weight excluding hydrogens is 382 g/mol. The van der Waals surface area contributed by atoms with Crippen molar-refractivity contribution in [3.8, 4) is 0 Å². The van der Waals surface area contributed by atoms with Crippen molar-refractivity contribution in [1.82, 2.24) is 0 Å². The van der Waals surface area contributed by atoms with E-state index < -0.39 is 10.0 Å². The first kappa shape index (κ1) is 13.6. The molecule has 0 aliphatic carbocycles. The number of nitrogens with one attached hydrogen (secondary N) is 1. The number of benzene rings is 2. The highest BCUT2D eigenvalue weighted by atomic mass is 79.9. The van der Waals surface area contributed by atoms with Crippen molar-refractivity contribution < 1.29 is 8.42 Å². The van der Waals surface area contributed by atoms with E-state index in [0.29, 0.717) is 5.69 Å². The van der Waals surface area contributed by atoms with E-state index in [4.69, 9.17) is 0 Å². The highest BCUT2D eigenvalue weighted by molar-refractivity contribution is 9.10. The van der Waals surface area contributed by atoms with Gasteiger partial charge in [-0.3, -0.25) is 4.72 Å². The summed E-state index contributed by atoms with van der Waals surface area (Å²) >= 11 is 6.56. The van der Waals surface area contributed by atoms with E-state index in [1.54, 1.807) is 42.5 Å². The summed E-state index contributed by atoms with van der Waals surface area (Å²) in [6.07, 6.45) is 0. The quantitative estimate of drug-likeness (QED) is 0.860. The van der Waals surface area contributed by atoms with Crippen molar-refractivity contribution in [1.29, 1.82) is 0 Å². The summed E-state index contributed by atoms with van der Waals surface area (Å²) < 4.78 is 28.3. The van der Waals surface area contributed by atoms with Crippen LogP contribution in [-0.4, -0.2) is 8.42 Å². The summed E-state index contributed by atoms with van der Waals surface area (Å²) in [5.41, 5.74) is 0.521. The molecule has 0 atom stereocenters. The third-order valence-electron chi connectivity index (χ3n) is 2.20. The summed E-state index contributed by atoms with van der Waals surface area (Å²) in [5, 5.41) is 0. The van der Waals surface area contributed by atoms with E-state index in [2.05, 4.69) is 36.6 Å². The van der Waals surface area contributed by atoms with Crippen LogP contribution in [0.3, 0.4) is 0 Å². The average molecular weight is 391 g/mol. The Labute approximate surface area is 123 Å². The van der Waals surface area contributed by atoms with Gasteiger partial charge in [0.1, 0.15) is 0 Å². The fraction of sp³-hybridized carbons (Fsp3) is 0. The van der Waals surface area contributed by atoms with Crippen LogP contribution in [0.1, 0.15) is 0 Å². The van der Waals surface area contributed by atoms with Gasteiger partial charge in [0.25, 0.3) is 10.0 Å². The van der Waals surface area contributed by atoms with Gasteiger partial charge in [0, 0.05) is 14.6 Å². The van der Waals surface area contributed by atoms with Gasteiger partial charge in [0.15, 0.2) is 0 Å². The second-order valence-corrected chi connectivity index (χ2v) is 7.08. The molecule has 0 heterocycles. The van der Waals surface area contributed by atoms with Crippen molar-refractivity contribution in [3.05, 3.63) is 57.5 Å². The predicted molar refractivity (Wildman–Crippen MR) is 79.1 cm³/mol. The van der Waals surface area contributed by atoms with E-state index in [1.165, 1.54) is 0 Å². The molecule has 3 nitrogen and oxygen atoms in total. The van der Waals surface area contributed by atoms with Gasteiger partial charge in [-0.05, 0) is 42.5 Å². The summed E-state index contributed by atoms with van der Waals surface area (Å²) in [7, 11) is -3.54. The lowest BCUT2D eigenvalue weighted by molar-refractivity contribution is 0.601. The number of hydrogen-bond acceptors (Lipinski definition) is 2. The minimum Gasteiger partial charge on any atom is -0.280 e. The molecular formula is C12H9Br2NO2S. The molecule has 2 aromatic rings. The summed E-state index contributed by atoms with van der Waals surface area (Å²) in [6.45, 7) is 0. The van der Waals surface area contributed by atoms with Gasteiger partial charge in [-0.1, -0.05) is 37.9 Å².